The van der Waals surface area contributed by atoms with Gasteiger partial charge in [0.25, 0.3) is 0 Å². The monoisotopic (exact) mass is 502 g/mol. The fraction of sp³-hybridized carbons (Fsp3) is 0.381. The molecule has 2 rings (SSSR count). The molecular weight excluding hydrogens is 474 g/mol. The maximum absolute atomic E-state index is 12.7. The molecule has 10 heteroatoms. The van der Waals surface area contributed by atoms with E-state index in [1.165, 1.54) is 0 Å². The van der Waals surface area contributed by atoms with Gasteiger partial charge < -0.3 is 19.2 Å². The van der Waals surface area contributed by atoms with Gasteiger partial charge in [-0.05, 0) is 60.1 Å². The van der Waals surface area contributed by atoms with Crippen molar-refractivity contribution in [1.29, 1.82) is 0 Å². The number of rotatable bonds is 10. The predicted octanol–water partition coefficient (Wildman–Crippen LogP) is 6.11. The minimum absolute atomic E-state index is 0.220. The Balaban J connectivity index is 2.76. The molecule has 0 radical (unpaired) electrons. The average molecular weight is 503 g/mol. The van der Waals surface area contributed by atoms with E-state index < -0.39 is 19.5 Å². The summed E-state index contributed by atoms with van der Waals surface area (Å²) in [5.41, 5.74) is 3.53. The summed E-state index contributed by atoms with van der Waals surface area (Å²) >= 11 is 6.26. The van der Waals surface area contributed by atoms with Gasteiger partial charge in [0.2, 0.25) is 4.35 Å². The van der Waals surface area contributed by atoms with Gasteiger partial charge in [0.15, 0.2) is 0 Å². The van der Waals surface area contributed by atoms with Crippen molar-refractivity contribution in [2.45, 2.75) is 63.2 Å². The summed E-state index contributed by atoms with van der Waals surface area (Å²) in [7, 11) is -9.95. The normalized spacial score (nSPS) is 13.6. The van der Waals surface area contributed by atoms with Crippen molar-refractivity contribution in [2.24, 2.45) is 0 Å². The zero-order chi connectivity index (χ0) is 23.4. The minimum Gasteiger partial charge on any atom is -0.420 e. The molecular formula is C21H28O6P2S2. The van der Waals surface area contributed by atoms with Crippen molar-refractivity contribution in [3.8, 4) is 5.75 Å². The summed E-state index contributed by atoms with van der Waals surface area (Å²) in [5, 5.41) is 0. The molecule has 31 heavy (non-hydrogen) atoms. The lowest BCUT2D eigenvalue weighted by Gasteiger charge is -2.26. The molecule has 0 bridgehead atoms. The summed E-state index contributed by atoms with van der Waals surface area (Å²) in [4.78, 5) is 31.2. The second-order valence-corrected chi connectivity index (χ2v) is 12.5. The Morgan fingerprint density at radius 3 is 1.71 bits per heavy atom. The lowest BCUT2D eigenvalue weighted by atomic mass is 9.91. The fourth-order valence-corrected chi connectivity index (χ4v) is 6.98. The van der Waals surface area contributed by atoms with Crippen molar-refractivity contribution < 1.29 is 28.3 Å². The summed E-state index contributed by atoms with van der Waals surface area (Å²) in [6.07, 6.45) is 2.40. The molecule has 6 nitrogen and oxygen atoms in total. The van der Waals surface area contributed by atoms with Gasteiger partial charge in [-0.25, -0.2) is 4.57 Å². The van der Waals surface area contributed by atoms with Crippen molar-refractivity contribution in [1.82, 2.24) is 0 Å². The Kier molecular flexibility index (Phi) is 9.12. The summed E-state index contributed by atoms with van der Waals surface area (Å²) < 4.78 is 28.5. The first kappa shape index (κ1) is 26.3. The molecule has 3 N–H and O–H groups in total. The summed E-state index contributed by atoms with van der Waals surface area (Å²) in [6.45, 7) is 7.87. The fourth-order valence-electron chi connectivity index (χ4n) is 3.58. The van der Waals surface area contributed by atoms with Crippen LogP contribution in [0.4, 0.5) is 0 Å². The number of benzene rings is 2. The molecule has 170 valence electrons. The molecule has 1 atom stereocenters. The van der Waals surface area contributed by atoms with Crippen LogP contribution >= 0.6 is 39.2 Å². The number of hydrogen-bond acceptors (Lipinski definition) is 5. The second kappa shape index (κ2) is 10.8. The van der Waals surface area contributed by atoms with Crippen LogP contribution in [0, 0.1) is 0 Å². The molecule has 2 aromatic carbocycles. The van der Waals surface area contributed by atoms with E-state index in [1.807, 2.05) is 58.0 Å². The molecule has 0 aliphatic rings. The van der Waals surface area contributed by atoms with Crippen LogP contribution in [0.15, 0.2) is 40.1 Å². The van der Waals surface area contributed by atoms with Gasteiger partial charge in [0.1, 0.15) is 5.75 Å². The van der Waals surface area contributed by atoms with Crippen LogP contribution in [-0.2, 0) is 34.8 Å². The average Bonchev–Trinajstić information content (AvgIpc) is 2.72. The highest BCUT2D eigenvalue weighted by Gasteiger charge is 2.42. The van der Waals surface area contributed by atoms with E-state index >= 15 is 0 Å². The third-order valence-electron chi connectivity index (χ3n) is 4.91. The van der Waals surface area contributed by atoms with Gasteiger partial charge in [0.05, 0.1) is 0 Å². The van der Waals surface area contributed by atoms with E-state index in [0.29, 0.717) is 25.7 Å². The Morgan fingerprint density at radius 1 is 0.871 bits per heavy atom. The largest absolute Gasteiger partial charge is 0.427 e. The molecule has 0 heterocycles. The first-order valence-corrected chi connectivity index (χ1v) is 14.5. The van der Waals surface area contributed by atoms with Gasteiger partial charge >= 0.3 is 15.2 Å². The van der Waals surface area contributed by atoms with E-state index in [-0.39, 0.29) is 5.75 Å². The quantitative estimate of drug-likeness (QED) is 0.264. The highest BCUT2D eigenvalue weighted by atomic mass is 32.2. The molecule has 0 amide bonds. The molecule has 0 saturated carbocycles. The van der Waals surface area contributed by atoms with E-state index in [9.17, 15) is 23.8 Å². The van der Waals surface area contributed by atoms with Crippen LogP contribution in [0.1, 0.15) is 49.9 Å². The van der Waals surface area contributed by atoms with Crippen LogP contribution in [0.25, 0.3) is 0 Å². The smallest absolute Gasteiger partial charge is 0.420 e. The van der Waals surface area contributed by atoms with Crippen molar-refractivity contribution in [3.63, 3.8) is 0 Å². The molecule has 0 saturated heterocycles. The minimum atomic E-state index is -5.07. The van der Waals surface area contributed by atoms with E-state index in [1.54, 1.807) is 11.8 Å². The molecule has 0 aliphatic carbocycles. The van der Waals surface area contributed by atoms with Crippen molar-refractivity contribution >= 4 is 43.5 Å². The highest BCUT2D eigenvalue weighted by Crippen LogP contribution is 2.59. The Bertz CT molecular complexity index is 1020. The van der Waals surface area contributed by atoms with Crippen molar-refractivity contribution in [3.05, 3.63) is 52.6 Å². The zero-order valence-electron chi connectivity index (χ0n) is 18.0. The molecule has 0 spiro atoms. The van der Waals surface area contributed by atoms with E-state index in [2.05, 4.69) is 12.2 Å². The van der Waals surface area contributed by atoms with E-state index in [0.717, 1.165) is 32.0 Å². The molecule has 0 fully saturated rings. The lowest BCUT2D eigenvalue weighted by Crippen LogP contribution is -2.11. The van der Waals surface area contributed by atoms with Gasteiger partial charge in [-0.15, -0.1) is 0 Å². The third kappa shape index (κ3) is 5.88. The second-order valence-electron chi connectivity index (χ2n) is 6.84. The number of hydrogen-bond donors (Lipinski definition) is 3. The van der Waals surface area contributed by atoms with Crippen molar-refractivity contribution in [2.75, 3.05) is 0 Å². The maximum atomic E-state index is 12.7. The van der Waals surface area contributed by atoms with Crippen LogP contribution in [-0.4, -0.2) is 19.0 Å². The summed E-state index contributed by atoms with van der Waals surface area (Å²) in [5.74, 6) is 0.220. The Labute approximate surface area is 193 Å². The molecule has 2 aromatic rings. The van der Waals surface area contributed by atoms with E-state index in [4.69, 9.17) is 4.52 Å². The summed E-state index contributed by atoms with van der Waals surface area (Å²) in [6, 6.07) is 9.98. The number of thiocarbonyl (C=S) groups is 1. The lowest BCUT2D eigenvalue weighted by molar-refractivity contribution is 0.383. The maximum Gasteiger partial charge on any atom is 0.427 e. The Morgan fingerprint density at radius 2 is 1.32 bits per heavy atom. The SMILES string of the molecule is CCc1c(CC)c(Sc2ccccc2)c(CC)c(CC)c1OP(=O)(O)C(=S)P(=O)(O)O. The predicted molar refractivity (Wildman–Crippen MR) is 130 cm³/mol. The van der Waals surface area contributed by atoms with Gasteiger partial charge in [-0.3, -0.25) is 4.57 Å². The Hall–Kier alpha value is -0.980. The van der Waals surface area contributed by atoms with Crippen LogP contribution in [0.3, 0.4) is 0 Å². The first-order valence-electron chi connectivity index (χ1n) is 10.1. The zero-order valence-corrected chi connectivity index (χ0v) is 21.4. The first-order chi connectivity index (χ1) is 14.5. The third-order valence-corrected chi connectivity index (χ3v) is 10.5. The van der Waals surface area contributed by atoms with Crippen LogP contribution in [0.5, 0.6) is 5.75 Å². The van der Waals surface area contributed by atoms with Gasteiger partial charge in [-0.1, -0.05) is 69.9 Å². The molecule has 0 aromatic heterocycles. The molecule has 0 aliphatic heterocycles. The standard InChI is InChI=1S/C21H28O6P2S2/c1-5-15-17(7-3)20(31-14-12-10-9-11-13-14)18(8-4)16(6-2)19(15)27-29(25,26)21(30)28(22,23)24/h9-13H,5-8H2,1-4H3,(H,25,26)(H2,22,23,24). The topological polar surface area (TPSA) is 104 Å². The molecule has 1 unspecified atom stereocenters. The van der Waals surface area contributed by atoms with Gasteiger partial charge in [-0.2, -0.15) is 0 Å². The highest BCUT2D eigenvalue weighted by molar-refractivity contribution is 8.16. The van der Waals surface area contributed by atoms with Crippen LogP contribution < -0.4 is 4.52 Å². The van der Waals surface area contributed by atoms with Crippen LogP contribution in [0.2, 0.25) is 0 Å². The van der Waals surface area contributed by atoms with Gasteiger partial charge in [0, 0.05) is 9.79 Å².